The number of ether oxygens (including phenoxy) is 1. The maximum atomic E-state index is 11.3. The molecule has 6 nitrogen and oxygen atoms in total. The Morgan fingerprint density at radius 1 is 0.964 bits per heavy atom. The van der Waals surface area contributed by atoms with Gasteiger partial charge in [-0.05, 0) is 63.3 Å². The van der Waals surface area contributed by atoms with Crippen LogP contribution in [0.5, 0.6) is 0 Å². The van der Waals surface area contributed by atoms with Crippen molar-refractivity contribution in [2.75, 3.05) is 46.2 Å². The van der Waals surface area contributed by atoms with Crippen molar-refractivity contribution in [1.29, 1.82) is 0 Å². The predicted molar refractivity (Wildman–Crippen MR) is 112 cm³/mol. The van der Waals surface area contributed by atoms with Crippen LogP contribution in [0.3, 0.4) is 0 Å². The Kier molecular flexibility index (Phi) is 9.74. The van der Waals surface area contributed by atoms with E-state index < -0.39 is 5.97 Å². The van der Waals surface area contributed by atoms with Gasteiger partial charge in [0.2, 0.25) is 0 Å². The largest absolute Gasteiger partial charge is 0.478 e. The van der Waals surface area contributed by atoms with Gasteiger partial charge < -0.3 is 19.6 Å². The molecule has 0 aliphatic rings. The molecule has 152 valence electrons. The standard InChI is InChI=1S/2C11H15NO2/c1-12(2)8-7-9-5-3-4-6-10(9)11(13)14;1-4-14-11(13)9-5-7-10(8-6-9)12(2)3/h3-6H,7-8H2,1-2H3,(H,13,14);5-8H,4H2,1-3H3. The van der Waals surface area contributed by atoms with Gasteiger partial charge >= 0.3 is 11.9 Å². The molecule has 0 saturated heterocycles. The molecule has 6 heteroatoms. The Hall–Kier alpha value is -2.86. The van der Waals surface area contributed by atoms with Gasteiger partial charge in [0.05, 0.1) is 17.7 Å². The molecule has 2 aromatic carbocycles. The van der Waals surface area contributed by atoms with Crippen molar-refractivity contribution in [3.05, 3.63) is 65.2 Å². The fraction of sp³-hybridized carbons (Fsp3) is 0.364. The van der Waals surface area contributed by atoms with E-state index in [0.29, 0.717) is 17.7 Å². The molecule has 0 unspecified atom stereocenters. The van der Waals surface area contributed by atoms with Crippen molar-refractivity contribution in [2.45, 2.75) is 13.3 Å². The molecule has 0 aliphatic carbocycles. The number of carboxylic acids is 1. The molecule has 0 fully saturated rings. The lowest BCUT2D eigenvalue weighted by atomic mass is 10.0. The summed E-state index contributed by atoms with van der Waals surface area (Å²) >= 11 is 0. The molecule has 0 amide bonds. The molecule has 0 spiro atoms. The molecule has 0 heterocycles. The van der Waals surface area contributed by atoms with Gasteiger partial charge in [0.15, 0.2) is 0 Å². The highest BCUT2D eigenvalue weighted by molar-refractivity contribution is 5.90. The van der Waals surface area contributed by atoms with Crippen molar-refractivity contribution < 1.29 is 19.4 Å². The molecule has 2 rings (SSSR count). The number of hydrogen-bond acceptors (Lipinski definition) is 5. The van der Waals surface area contributed by atoms with E-state index in [0.717, 1.165) is 24.2 Å². The molecule has 0 atom stereocenters. The molecule has 0 aliphatic heterocycles. The second-order valence-corrected chi connectivity index (χ2v) is 6.68. The van der Waals surface area contributed by atoms with Gasteiger partial charge in [-0.2, -0.15) is 0 Å². The molecule has 28 heavy (non-hydrogen) atoms. The molecule has 0 saturated carbocycles. The van der Waals surface area contributed by atoms with Crippen molar-refractivity contribution in [3.63, 3.8) is 0 Å². The van der Waals surface area contributed by atoms with Crippen LogP contribution in [0.4, 0.5) is 5.69 Å². The second kappa shape index (κ2) is 11.8. The second-order valence-electron chi connectivity index (χ2n) is 6.68. The van der Waals surface area contributed by atoms with E-state index in [-0.39, 0.29) is 5.97 Å². The quantitative estimate of drug-likeness (QED) is 0.736. The number of hydrogen-bond donors (Lipinski definition) is 1. The lowest BCUT2D eigenvalue weighted by Crippen LogP contribution is -2.16. The van der Waals surface area contributed by atoms with Crippen LogP contribution in [0.25, 0.3) is 0 Å². The van der Waals surface area contributed by atoms with Gasteiger partial charge in [0.1, 0.15) is 0 Å². The van der Waals surface area contributed by atoms with Gasteiger partial charge in [-0.25, -0.2) is 9.59 Å². The van der Waals surface area contributed by atoms with Crippen LogP contribution < -0.4 is 4.90 Å². The number of likely N-dealkylation sites (N-methyl/N-ethyl adjacent to an activating group) is 1. The van der Waals surface area contributed by atoms with Crippen molar-refractivity contribution in [2.24, 2.45) is 0 Å². The summed E-state index contributed by atoms with van der Waals surface area (Å²) in [6.07, 6.45) is 0.773. The Balaban J connectivity index is 0.000000280. The van der Waals surface area contributed by atoms with E-state index in [2.05, 4.69) is 0 Å². The number of nitrogens with zero attached hydrogens (tertiary/aromatic N) is 2. The van der Waals surface area contributed by atoms with E-state index in [9.17, 15) is 9.59 Å². The van der Waals surface area contributed by atoms with Gasteiger partial charge in [0.25, 0.3) is 0 Å². The van der Waals surface area contributed by atoms with Crippen LogP contribution in [0.1, 0.15) is 33.2 Å². The summed E-state index contributed by atoms with van der Waals surface area (Å²) < 4.78 is 4.88. The van der Waals surface area contributed by atoms with E-state index >= 15 is 0 Å². The SMILES string of the molecule is CCOC(=O)c1ccc(N(C)C)cc1.CN(C)CCc1ccccc1C(=O)O. The monoisotopic (exact) mass is 386 g/mol. The highest BCUT2D eigenvalue weighted by atomic mass is 16.5. The number of aromatic carboxylic acids is 1. The lowest BCUT2D eigenvalue weighted by Gasteiger charge is -2.12. The number of carboxylic acid groups (broad SMARTS) is 1. The predicted octanol–water partition coefficient (Wildman–Crippen LogP) is 3.42. The maximum Gasteiger partial charge on any atom is 0.338 e. The van der Waals surface area contributed by atoms with Gasteiger partial charge in [-0.3, -0.25) is 0 Å². The third kappa shape index (κ3) is 7.80. The summed E-state index contributed by atoms with van der Waals surface area (Å²) in [6.45, 7) is 3.07. The Morgan fingerprint density at radius 3 is 2.07 bits per heavy atom. The minimum absolute atomic E-state index is 0.266. The number of carbonyl (C=O) groups excluding carboxylic acids is 1. The maximum absolute atomic E-state index is 11.3. The van der Waals surface area contributed by atoms with E-state index in [1.165, 1.54) is 0 Å². The molecule has 2 aromatic rings. The van der Waals surface area contributed by atoms with Crippen molar-refractivity contribution in [1.82, 2.24) is 4.90 Å². The van der Waals surface area contributed by atoms with Crippen LogP contribution in [0.15, 0.2) is 48.5 Å². The minimum Gasteiger partial charge on any atom is -0.478 e. The van der Waals surface area contributed by atoms with Gasteiger partial charge in [-0.1, -0.05) is 18.2 Å². The first-order valence-corrected chi connectivity index (χ1v) is 9.16. The van der Waals surface area contributed by atoms with Gasteiger partial charge in [-0.15, -0.1) is 0 Å². The Morgan fingerprint density at radius 2 is 1.57 bits per heavy atom. The Bertz CT molecular complexity index is 755. The zero-order valence-corrected chi connectivity index (χ0v) is 17.3. The molecule has 1 N–H and O–H groups in total. The number of rotatable bonds is 7. The average Bonchev–Trinajstić information content (AvgIpc) is 2.67. The van der Waals surface area contributed by atoms with Crippen LogP contribution in [0.2, 0.25) is 0 Å². The van der Waals surface area contributed by atoms with Crippen LogP contribution in [-0.2, 0) is 11.2 Å². The fourth-order valence-corrected chi connectivity index (χ4v) is 2.40. The average molecular weight is 386 g/mol. The highest BCUT2D eigenvalue weighted by Gasteiger charge is 2.08. The number of anilines is 1. The number of esters is 1. The van der Waals surface area contributed by atoms with E-state index in [1.807, 2.05) is 62.3 Å². The minimum atomic E-state index is -0.848. The van der Waals surface area contributed by atoms with Crippen LogP contribution in [-0.4, -0.2) is 63.3 Å². The van der Waals surface area contributed by atoms with Crippen LogP contribution >= 0.6 is 0 Å². The smallest absolute Gasteiger partial charge is 0.338 e. The zero-order chi connectivity index (χ0) is 21.1. The molecular formula is C22H30N2O4. The third-order valence-corrected chi connectivity index (χ3v) is 3.97. The first-order chi connectivity index (χ1) is 13.3. The zero-order valence-electron chi connectivity index (χ0n) is 17.3. The molecule has 0 aromatic heterocycles. The summed E-state index contributed by atoms with van der Waals surface area (Å²) in [5.41, 5.74) is 2.97. The summed E-state index contributed by atoms with van der Waals surface area (Å²) in [7, 11) is 7.87. The Labute approximate surface area is 167 Å². The van der Waals surface area contributed by atoms with Crippen LogP contribution in [0, 0.1) is 0 Å². The number of carbonyl (C=O) groups is 2. The van der Waals surface area contributed by atoms with Crippen molar-refractivity contribution in [3.8, 4) is 0 Å². The summed E-state index contributed by atoms with van der Waals surface area (Å²) in [5.74, 6) is -1.11. The first kappa shape index (κ1) is 23.2. The molecule has 0 radical (unpaired) electrons. The summed E-state index contributed by atoms with van der Waals surface area (Å²) in [5, 5.41) is 8.92. The fourth-order valence-electron chi connectivity index (χ4n) is 2.40. The lowest BCUT2D eigenvalue weighted by molar-refractivity contribution is 0.0526. The molecular weight excluding hydrogens is 356 g/mol. The topological polar surface area (TPSA) is 70.1 Å². The van der Waals surface area contributed by atoms with Gasteiger partial charge in [0, 0.05) is 26.3 Å². The summed E-state index contributed by atoms with van der Waals surface area (Å²) in [6, 6.07) is 14.5. The first-order valence-electron chi connectivity index (χ1n) is 9.16. The van der Waals surface area contributed by atoms with Crippen molar-refractivity contribution >= 4 is 17.6 Å². The molecule has 0 bridgehead atoms. The third-order valence-electron chi connectivity index (χ3n) is 3.97. The highest BCUT2D eigenvalue weighted by Crippen LogP contribution is 2.13. The van der Waals surface area contributed by atoms with E-state index in [1.54, 1.807) is 31.2 Å². The van der Waals surface area contributed by atoms with E-state index in [4.69, 9.17) is 9.84 Å². The number of benzene rings is 2. The summed E-state index contributed by atoms with van der Waals surface area (Å²) in [4.78, 5) is 26.2. The normalized spacial score (nSPS) is 10.1.